The Bertz CT molecular complexity index is 370. The standard InChI is InChI=1S/C9H13N3O3/c1-4-6-5-7(11-15-6)8(13)10-9(14)12(2)3/h5H,4H2,1-3H3,(H,10,13,14). The predicted octanol–water partition coefficient (Wildman–Crippen LogP) is 0.648. The zero-order valence-electron chi connectivity index (χ0n) is 8.90. The Kier molecular flexibility index (Phi) is 3.43. The fraction of sp³-hybridized carbons (Fsp3) is 0.444. The van der Waals surface area contributed by atoms with E-state index in [0.717, 1.165) is 0 Å². The first-order valence-corrected chi connectivity index (χ1v) is 4.52. The second kappa shape index (κ2) is 4.59. The van der Waals surface area contributed by atoms with Gasteiger partial charge in [0.1, 0.15) is 5.76 Å². The molecule has 15 heavy (non-hydrogen) atoms. The SMILES string of the molecule is CCc1cc(C(=O)NC(=O)N(C)C)no1. The van der Waals surface area contributed by atoms with Gasteiger partial charge in [-0.05, 0) is 0 Å². The number of aryl methyl sites for hydroxylation is 1. The maximum absolute atomic E-state index is 11.4. The third-order valence-corrected chi connectivity index (χ3v) is 1.77. The number of nitrogens with zero attached hydrogens (tertiary/aromatic N) is 2. The molecule has 0 spiro atoms. The lowest BCUT2D eigenvalue weighted by Gasteiger charge is -2.09. The van der Waals surface area contributed by atoms with Crippen LogP contribution in [0.25, 0.3) is 0 Å². The number of nitrogens with one attached hydrogen (secondary N) is 1. The maximum Gasteiger partial charge on any atom is 0.323 e. The van der Waals surface area contributed by atoms with Crippen LogP contribution in [-0.4, -0.2) is 36.1 Å². The quantitative estimate of drug-likeness (QED) is 0.779. The molecule has 0 bridgehead atoms. The highest BCUT2D eigenvalue weighted by atomic mass is 16.5. The Morgan fingerprint density at radius 2 is 2.20 bits per heavy atom. The van der Waals surface area contributed by atoms with Gasteiger partial charge in [0.2, 0.25) is 0 Å². The van der Waals surface area contributed by atoms with Crippen molar-refractivity contribution < 1.29 is 14.1 Å². The van der Waals surface area contributed by atoms with E-state index in [1.54, 1.807) is 14.1 Å². The Hall–Kier alpha value is -1.85. The molecule has 0 atom stereocenters. The highest BCUT2D eigenvalue weighted by molar-refractivity contribution is 6.02. The molecule has 0 radical (unpaired) electrons. The van der Waals surface area contributed by atoms with Crippen molar-refractivity contribution in [2.24, 2.45) is 0 Å². The summed E-state index contributed by atoms with van der Waals surface area (Å²) in [6, 6.07) is 1.03. The van der Waals surface area contributed by atoms with E-state index in [0.29, 0.717) is 12.2 Å². The van der Waals surface area contributed by atoms with Crippen molar-refractivity contribution in [3.8, 4) is 0 Å². The molecule has 0 aliphatic rings. The third kappa shape index (κ3) is 2.80. The molecular weight excluding hydrogens is 198 g/mol. The Labute approximate surface area is 87.2 Å². The Morgan fingerprint density at radius 1 is 1.53 bits per heavy atom. The van der Waals surface area contributed by atoms with Crippen molar-refractivity contribution >= 4 is 11.9 Å². The number of amides is 3. The van der Waals surface area contributed by atoms with Gasteiger partial charge in [0.05, 0.1) is 0 Å². The summed E-state index contributed by atoms with van der Waals surface area (Å²) < 4.78 is 4.84. The molecule has 1 heterocycles. The van der Waals surface area contributed by atoms with E-state index in [1.165, 1.54) is 11.0 Å². The zero-order chi connectivity index (χ0) is 11.4. The van der Waals surface area contributed by atoms with Crippen LogP contribution in [0.2, 0.25) is 0 Å². The van der Waals surface area contributed by atoms with Gasteiger partial charge >= 0.3 is 6.03 Å². The fourth-order valence-corrected chi connectivity index (χ4v) is 0.860. The summed E-state index contributed by atoms with van der Waals surface area (Å²) in [6.07, 6.45) is 0.655. The van der Waals surface area contributed by atoms with Gasteiger partial charge in [-0.2, -0.15) is 0 Å². The minimum Gasteiger partial charge on any atom is -0.361 e. The Balaban J connectivity index is 2.65. The van der Waals surface area contributed by atoms with Crippen molar-refractivity contribution in [1.29, 1.82) is 0 Å². The molecule has 0 unspecified atom stereocenters. The van der Waals surface area contributed by atoms with Crippen LogP contribution in [0.15, 0.2) is 10.6 Å². The lowest BCUT2D eigenvalue weighted by molar-refractivity contribution is 0.0948. The molecule has 3 amide bonds. The van der Waals surface area contributed by atoms with Crippen molar-refractivity contribution in [1.82, 2.24) is 15.4 Å². The van der Waals surface area contributed by atoms with Gasteiger partial charge in [0.15, 0.2) is 5.69 Å². The molecule has 0 aliphatic heterocycles. The summed E-state index contributed by atoms with van der Waals surface area (Å²) in [4.78, 5) is 23.8. The van der Waals surface area contributed by atoms with Gasteiger partial charge in [0.25, 0.3) is 5.91 Å². The summed E-state index contributed by atoms with van der Waals surface area (Å²) in [5.41, 5.74) is 0.113. The molecule has 1 aromatic rings. The number of carbonyl (C=O) groups excluding carboxylic acids is 2. The van der Waals surface area contributed by atoms with E-state index >= 15 is 0 Å². The van der Waals surface area contributed by atoms with Crippen LogP contribution < -0.4 is 5.32 Å². The first-order chi connectivity index (χ1) is 7.04. The minimum absolute atomic E-state index is 0.113. The lowest BCUT2D eigenvalue weighted by atomic mass is 10.3. The van der Waals surface area contributed by atoms with Crippen LogP contribution >= 0.6 is 0 Å². The van der Waals surface area contributed by atoms with Crippen molar-refractivity contribution in [2.45, 2.75) is 13.3 Å². The van der Waals surface area contributed by atoms with Gasteiger partial charge < -0.3 is 9.42 Å². The molecule has 6 nitrogen and oxygen atoms in total. The van der Waals surface area contributed by atoms with Crippen LogP contribution in [0, 0.1) is 0 Å². The second-order valence-corrected chi connectivity index (χ2v) is 3.19. The van der Waals surface area contributed by atoms with E-state index in [9.17, 15) is 9.59 Å². The van der Waals surface area contributed by atoms with Crippen molar-refractivity contribution in [2.75, 3.05) is 14.1 Å². The molecule has 0 aliphatic carbocycles. The molecule has 0 aromatic carbocycles. The molecule has 0 fully saturated rings. The first-order valence-electron chi connectivity index (χ1n) is 4.52. The predicted molar refractivity (Wildman–Crippen MR) is 52.4 cm³/mol. The fourth-order valence-electron chi connectivity index (χ4n) is 0.860. The molecule has 0 saturated heterocycles. The van der Waals surface area contributed by atoms with Gasteiger partial charge in [-0.15, -0.1) is 0 Å². The van der Waals surface area contributed by atoms with Crippen LogP contribution in [0.3, 0.4) is 0 Å². The molecule has 6 heteroatoms. The number of imide groups is 1. The molecule has 82 valence electrons. The lowest BCUT2D eigenvalue weighted by Crippen LogP contribution is -2.38. The van der Waals surface area contributed by atoms with E-state index in [4.69, 9.17) is 4.52 Å². The molecule has 1 rings (SSSR count). The van der Waals surface area contributed by atoms with E-state index in [1.807, 2.05) is 6.92 Å². The average Bonchev–Trinajstić information content (AvgIpc) is 2.65. The second-order valence-electron chi connectivity index (χ2n) is 3.19. The highest BCUT2D eigenvalue weighted by Crippen LogP contribution is 2.03. The molecule has 0 saturated carbocycles. The molecule has 1 aromatic heterocycles. The topological polar surface area (TPSA) is 75.4 Å². The number of aromatic nitrogens is 1. The van der Waals surface area contributed by atoms with Gasteiger partial charge in [-0.1, -0.05) is 12.1 Å². The summed E-state index contributed by atoms with van der Waals surface area (Å²) in [5.74, 6) is 0.0506. The number of carbonyl (C=O) groups is 2. The van der Waals surface area contributed by atoms with Crippen LogP contribution in [0.4, 0.5) is 4.79 Å². The van der Waals surface area contributed by atoms with E-state index in [2.05, 4.69) is 10.5 Å². The smallest absolute Gasteiger partial charge is 0.323 e. The zero-order valence-corrected chi connectivity index (χ0v) is 8.90. The maximum atomic E-state index is 11.4. The largest absolute Gasteiger partial charge is 0.361 e. The van der Waals surface area contributed by atoms with E-state index in [-0.39, 0.29) is 5.69 Å². The third-order valence-electron chi connectivity index (χ3n) is 1.77. The van der Waals surface area contributed by atoms with Crippen molar-refractivity contribution in [3.63, 3.8) is 0 Å². The highest BCUT2D eigenvalue weighted by Gasteiger charge is 2.15. The molecular formula is C9H13N3O3. The van der Waals surface area contributed by atoms with Crippen LogP contribution in [0.5, 0.6) is 0 Å². The number of rotatable bonds is 2. The number of urea groups is 1. The minimum atomic E-state index is -0.558. The first kappa shape index (κ1) is 11.2. The summed E-state index contributed by atoms with van der Waals surface area (Å²) in [5, 5.41) is 5.70. The summed E-state index contributed by atoms with van der Waals surface area (Å²) >= 11 is 0. The number of hydrogen-bond donors (Lipinski definition) is 1. The van der Waals surface area contributed by atoms with Gasteiger partial charge in [-0.25, -0.2) is 4.79 Å². The Morgan fingerprint density at radius 3 is 2.67 bits per heavy atom. The molecule has 1 N–H and O–H groups in total. The monoisotopic (exact) mass is 211 g/mol. The van der Waals surface area contributed by atoms with Crippen LogP contribution in [0.1, 0.15) is 23.2 Å². The van der Waals surface area contributed by atoms with Gasteiger partial charge in [-0.3, -0.25) is 10.1 Å². The van der Waals surface area contributed by atoms with E-state index < -0.39 is 11.9 Å². The average molecular weight is 211 g/mol. The number of hydrogen-bond acceptors (Lipinski definition) is 4. The van der Waals surface area contributed by atoms with Crippen LogP contribution in [-0.2, 0) is 6.42 Å². The van der Waals surface area contributed by atoms with Gasteiger partial charge in [0, 0.05) is 26.6 Å². The summed E-state index contributed by atoms with van der Waals surface area (Å²) in [6.45, 7) is 1.88. The normalized spacial score (nSPS) is 9.80. The van der Waals surface area contributed by atoms with Crippen molar-refractivity contribution in [3.05, 3.63) is 17.5 Å². The summed E-state index contributed by atoms with van der Waals surface area (Å²) in [7, 11) is 3.09.